The Kier molecular flexibility index (Phi) is 6.76. The maximum absolute atomic E-state index is 9.94. The quantitative estimate of drug-likeness (QED) is 0.746. The van der Waals surface area contributed by atoms with Gasteiger partial charge in [0.15, 0.2) is 0 Å². The molecule has 5 nitrogen and oxygen atoms in total. The third-order valence-corrected chi connectivity index (χ3v) is 3.82. The van der Waals surface area contributed by atoms with E-state index in [4.69, 9.17) is 14.2 Å². The van der Waals surface area contributed by atoms with E-state index in [1.54, 1.807) is 7.11 Å². The van der Waals surface area contributed by atoms with Gasteiger partial charge >= 0.3 is 0 Å². The van der Waals surface area contributed by atoms with Crippen molar-refractivity contribution in [1.82, 2.24) is 0 Å². The number of halogens is 1. The molecule has 2 unspecified atom stereocenters. The van der Waals surface area contributed by atoms with Gasteiger partial charge in [0.2, 0.25) is 0 Å². The average molecular weight is 360 g/mol. The lowest BCUT2D eigenvalue weighted by Gasteiger charge is -2.16. The SMILES string of the molecule is COc1ccc(Br)cc1NCC(O)COCC1CCCO1. The summed E-state index contributed by atoms with van der Waals surface area (Å²) in [5, 5.41) is 13.1. The van der Waals surface area contributed by atoms with E-state index in [2.05, 4.69) is 21.2 Å². The molecule has 0 radical (unpaired) electrons. The highest BCUT2D eigenvalue weighted by Gasteiger charge is 2.16. The van der Waals surface area contributed by atoms with Crippen LogP contribution < -0.4 is 10.1 Å². The van der Waals surface area contributed by atoms with Crippen molar-refractivity contribution >= 4 is 21.6 Å². The summed E-state index contributed by atoms with van der Waals surface area (Å²) in [6.45, 7) is 2.07. The first-order chi connectivity index (χ1) is 10.2. The van der Waals surface area contributed by atoms with E-state index in [1.165, 1.54) is 0 Å². The summed E-state index contributed by atoms with van der Waals surface area (Å²) in [7, 11) is 1.62. The molecule has 118 valence electrons. The molecule has 2 atom stereocenters. The van der Waals surface area contributed by atoms with Crippen LogP contribution in [0.2, 0.25) is 0 Å². The zero-order chi connectivity index (χ0) is 15.1. The molecular formula is C15H22BrNO4. The third kappa shape index (κ3) is 5.47. The second kappa shape index (κ2) is 8.58. The summed E-state index contributed by atoms with van der Waals surface area (Å²) in [5.74, 6) is 0.741. The summed E-state index contributed by atoms with van der Waals surface area (Å²) >= 11 is 3.42. The molecular weight excluding hydrogens is 338 g/mol. The van der Waals surface area contributed by atoms with Gasteiger partial charge in [0.05, 0.1) is 38.2 Å². The Morgan fingerprint density at radius 1 is 1.52 bits per heavy atom. The lowest BCUT2D eigenvalue weighted by atomic mass is 10.2. The van der Waals surface area contributed by atoms with Crippen LogP contribution in [0.5, 0.6) is 5.75 Å². The van der Waals surface area contributed by atoms with Crippen molar-refractivity contribution in [1.29, 1.82) is 0 Å². The zero-order valence-electron chi connectivity index (χ0n) is 12.2. The van der Waals surface area contributed by atoms with E-state index in [0.717, 1.165) is 35.4 Å². The number of nitrogens with one attached hydrogen (secondary N) is 1. The summed E-state index contributed by atoms with van der Waals surface area (Å²) in [6.07, 6.45) is 1.76. The minimum atomic E-state index is -0.574. The first kappa shape index (κ1) is 16.5. The van der Waals surface area contributed by atoms with Gasteiger partial charge in [-0.3, -0.25) is 0 Å². The Morgan fingerprint density at radius 2 is 2.38 bits per heavy atom. The van der Waals surface area contributed by atoms with Crippen LogP contribution in [0.15, 0.2) is 22.7 Å². The normalized spacial score (nSPS) is 19.5. The maximum atomic E-state index is 9.94. The molecule has 0 aromatic heterocycles. The van der Waals surface area contributed by atoms with Crippen molar-refractivity contribution < 1.29 is 19.3 Å². The molecule has 1 saturated heterocycles. The van der Waals surface area contributed by atoms with Crippen LogP contribution in [0.25, 0.3) is 0 Å². The predicted molar refractivity (Wildman–Crippen MR) is 85.0 cm³/mol. The van der Waals surface area contributed by atoms with Crippen LogP contribution in [0.1, 0.15) is 12.8 Å². The molecule has 2 N–H and O–H groups in total. The molecule has 1 aliphatic rings. The number of ether oxygens (including phenoxy) is 3. The molecule has 0 bridgehead atoms. The van der Waals surface area contributed by atoms with Crippen LogP contribution in [-0.2, 0) is 9.47 Å². The first-order valence-electron chi connectivity index (χ1n) is 7.14. The number of hydrogen-bond donors (Lipinski definition) is 2. The van der Waals surface area contributed by atoms with E-state index in [-0.39, 0.29) is 6.10 Å². The number of anilines is 1. The van der Waals surface area contributed by atoms with Crippen LogP contribution >= 0.6 is 15.9 Å². The molecule has 6 heteroatoms. The largest absolute Gasteiger partial charge is 0.495 e. The Balaban J connectivity index is 1.70. The number of aliphatic hydroxyl groups excluding tert-OH is 1. The second-order valence-corrected chi connectivity index (χ2v) is 5.97. The fourth-order valence-electron chi connectivity index (χ4n) is 2.22. The van der Waals surface area contributed by atoms with E-state index < -0.39 is 6.10 Å². The number of aliphatic hydroxyl groups is 1. The van der Waals surface area contributed by atoms with Crippen molar-refractivity contribution in [2.45, 2.75) is 25.0 Å². The van der Waals surface area contributed by atoms with Crippen molar-refractivity contribution in [3.8, 4) is 5.75 Å². The standard InChI is InChI=1S/C15H22BrNO4/c1-19-15-5-4-11(16)7-14(15)17-8-12(18)9-20-10-13-3-2-6-21-13/h4-5,7,12-13,17-18H,2-3,6,8-10H2,1H3. The zero-order valence-corrected chi connectivity index (χ0v) is 13.8. The molecule has 1 aromatic carbocycles. The van der Waals surface area contributed by atoms with Gasteiger partial charge in [0.25, 0.3) is 0 Å². The molecule has 1 aromatic rings. The molecule has 1 fully saturated rings. The van der Waals surface area contributed by atoms with Gasteiger partial charge in [-0.25, -0.2) is 0 Å². The van der Waals surface area contributed by atoms with Crippen molar-refractivity contribution in [3.63, 3.8) is 0 Å². The molecule has 0 spiro atoms. The maximum Gasteiger partial charge on any atom is 0.142 e. The van der Waals surface area contributed by atoms with Gasteiger partial charge in [-0.15, -0.1) is 0 Å². The third-order valence-electron chi connectivity index (χ3n) is 3.33. The molecule has 2 rings (SSSR count). The number of rotatable bonds is 8. The highest BCUT2D eigenvalue weighted by molar-refractivity contribution is 9.10. The van der Waals surface area contributed by atoms with E-state index >= 15 is 0 Å². The average Bonchev–Trinajstić information content (AvgIpc) is 2.98. The van der Waals surface area contributed by atoms with Crippen LogP contribution in [0, 0.1) is 0 Å². The molecule has 0 saturated carbocycles. The molecule has 0 amide bonds. The van der Waals surface area contributed by atoms with Crippen molar-refractivity contribution in [2.24, 2.45) is 0 Å². The summed E-state index contributed by atoms with van der Waals surface area (Å²) < 4.78 is 17.2. The number of benzene rings is 1. The topological polar surface area (TPSA) is 60.0 Å². The highest BCUT2D eigenvalue weighted by atomic mass is 79.9. The highest BCUT2D eigenvalue weighted by Crippen LogP contribution is 2.27. The van der Waals surface area contributed by atoms with Gasteiger partial charge in [-0.1, -0.05) is 15.9 Å². The monoisotopic (exact) mass is 359 g/mol. The second-order valence-electron chi connectivity index (χ2n) is 5.05. The number of methoxy groups -OCH3 is 1. The number of hydrogen-bond acceptors (Lipinski definition) is 5. The fraction of sp³-hybridized carbons (Fsp3) is 0.600. The Hall–Kier alpha value is -0.820. The first-order valence-corrected chi connectivity index (χ1v) is 7.93. The summed E-state index contributed by atoms with van der Waals surface area (Å²) in [5.41, 5.74) is 0.838. The van der Waals surface area contributed by atoms with Gasteiger partial charge in [0, 0.05) is 17.6 Å². The molecule has 21 heavy (non-hydrogen) atoms. The molecule has 1 heterocycles. The van der Waals surface area contributed by atoms with Gasteiger partial charge in [-0.05, 0) is 31.0 Å². The Morgan fingerprint density at radius 3 is 3.10 bits per heavy atom. The minimum Gasteiger partial charge on any atom is -0.495 e. The van der Waals surface area contributed by atoms with E-state index in [0.29, 0.717) is 19.8 Å². The minimum absolute atomic E-state index is 0.190. The lowest BCUT2D eigenvalue weighted by molar-refractivity contribution is -0.0137. The smallest absolute Gasteiger partial charge is 0.142 e. The molecule has 1 aliphatic heterocycles. The van der Waals surface area contributed by atoms with E-state index in [9.17, 15) is 5.11 Å². The van der Waals surface area contributed by atoms with Gasteiger partial charge in [0.1, 0.15) is 5.75 Å². The Labute approximate surface area is 133 Å². The summed E-state index contributed by atoms with van der Waals surface area (Å²) in [6, 6.07) is 5.69. The van der Waals surface area contributed by atoms with Crippen molar-refractivity contribution in [2.75, 3.05) is 38.8 Å². The van der Waals surface area contributed by atoms with Gasteiger partial charge in [-0.2, -0.15) is 0 Å². The van der Waals surface area contributed by atoms with Crippen LogP contribution in [-0.4, -0.2) is 50.8 Å². The fourth-order valence-corrected chi connectivity index (χ4v) is 2.58. The summed E-state index contributed by atoms with van der Waals surface area (Å²) in [4.78, 5) is 0. The van der Waals surface area contributed by atoms with Crippen LogP contribution in [0.3, 0.4) is 0 Å². The predicted octanol–water partition coefficient (Wildman–Crippen LogP) is 2.43. The van der Waals surface area contributed by atoms with E-state index in [1.807, 2.05) is 18.2 Å². The van der Waals surface area contributed by atoms with Crippen LogP contribution in [0.4, 0.5) is 5.69 Å². The molecule has 0 aliphatic carbocycles. The lowest BCUT2D eigenvalue weighted by Crippen LogP contribution is -2.27. The Bertz CT molecular complexity index is 438. The van der Waals surface area contributed by atoms with Gasteiger partial charge < -0.3 is 24.6 Å². The van der Waals surface area contributed by atoms with Crippen molar-refractivity contribution in [3.05, 3.63) is 22.7 Å².